The third kappa shape index (κ3) is 2.14. The van der Waals surface area contributed by atoms with E-state index in [9.17, 15) is 4.79 Å². The van der Waals surface area contributed by atoms with Crippen LogP contribution >= 0.6 is 0 Å². The van der Waals surface area contributed by atoms with E-state index in [1.165, 1.54) is 18.2 Å². The van der Waals surface area contributed by atoms with Gasteiger partial charge in [0.1, 0.15) is 6.08 Å². The first kappa shape index (κ1) is 4.59. The first-order valence-electron chi connectivity index (χ1n) is 13.6. The van der Waals surface area contributed by atoms with Crippen LogP contribution in [0.15, 0.2) is 30.4 Å². The van der Waals surface area contributed by atoms with Crippen LogP contribution in [-0.2, 0) is 4.74 Å². The number of carbonyl (C=O) groups is 1. The van der Waals surface area contributed by atoms with E-state index < -0.39 is 61.5 Å². The number of esters is 1. The second kappa shape index (κ2) is 4.88. The predicted molar refractivity (Wildman–Crippen MR) is 81.3 cm³/mol. The van der Waals surface area contributed by atoms with E-state index in [2.05, 4.69) is 4.98 Å². The molecule has 2 aliphatic rings. The van der Waals surface area contributed by atoms with Crippen molar-refractivity contribution in [1.29, 1.82) is 0 Å². The Labute approximate surface area is 145 Å². The molecule has 0 spiro atoms. The summed E-state index contributed by atoms with van der Waals surface area (Å²) in [5.41, 5.74) is -0.236. The summed E-state index contributed by atoms with van der Waals surface area (Å²) in [5.74, 6) is -1.55. The number of nitrogens with zero attached hydrogens (tertiary/aromatic N) is 1. The maximum absolute atomic E-state index is 13.1. The summed E-state index contributed by atoms with van der Waals surface area (Å²) in [6.45, 7) is -3.77. The average Bonchev–Trinajstić information content (AvgIpc) is 3.19. The number of nitrogens with one attached hydrogen (secondary N) is 1. The van der Waals surface area contributed by atoms with Crippen LogP contribution in [0.2, 0.25) is 0 Å². The molecule has 4 rings (SSSR count). The number of fused-ring (bicyclic) bond motifs is 3. The summed E-state index contributed by atoms with van der Waals surface area (Å²) >= 11 is 0. The lowest BCUT2D eigenvalue weighted by molar-refractivity contribution is -0.000258. The van der Waals surface area contributed by atoms with Crippen molar-refractivity contribution in [3.8, 4) is 0 Å². The van der Waals surface area contributed by atoms with Gasteiger partial charge in [0, 0.05) is 59.7 Å². The van der Waals surface area contributed by atoms with Crippen LogP contribution in [0.5, 0.6) is 0 Å². The molecule has 0 amide bonds. The number of carbonyl (C=O) groups excluding carboxylic acids is 1. The van der Waals surface area contributed by atoms with E-state index in [-0.39, 0.29) is 22.5 Å². The van der Waals surface area contributed by atoms with Crippen molar-refractivity contribution < 1.29 is 30.1 Å². The van der Waals surface area contributed by atoms with Crippen molar-refractivity contribution in [3.05, 3.63) is 36.0 Å². The number of hydrogen-bond donors (Lipinski definition) is 1. The second-order valence-corrected chi connectivity index (χ2v) is 4.41. The zero-order valence-electron chi connectivity index (χ0n) is 25.6. The molecule has 0 radical (unpaired) electrons. The summed E-state index contributed by atoms with van der Waals surface area (Å²) in [6, 6.07) is -3.75. The van der Waals surface area contributed by atoms with Gasteiger partial charge in [-0.25, -0.2) is 4.79 Å². The predicted octanol–water partition coefficient (Wildman–Crippen LogP) is 2.95. The molecule has 0 aliphatic carbocycles. The minimum absolute atomic E-state index is 0.0431. The summed E-state index contributed by atoms with van der Waals surface area (Å²) in [6.07, 6.45) is -18.8. The van der Waals surface area contributed by atoms with Gasteiger partial charge in [0.15, 0.2) is 0 Å². The van der Waals surface area contributed by atoms with Crippen molar-refractivity contribution in [2.75, 3.05) is 6.98 Å². The molecule has 2 saturated heterocycles. The smallest absolute Gasteiger partial charge is 0.340 e. The Hall–Kier alpha value is -1.81. The molecular formula is C17H20N2O2. The van der Waals surface area contributed by atoms with Crippen molar-refractivity contribution in [2.45, 2.75) is 43.6 Å². The van der Waals surface area contributed by atoms with Crippen molar-refractivity contribution in [3.63, 3.8) is 0 Å². The lowest BCUT2D eigenvalue weighted by Gasteiger charge is -2.35. The molecule has 1 N–H and O–H groups in total. The molecule has 3 heterocycles. The Morgan fingerprint density at radius 1 is 1.52 bits per heavy atom. The van der Waals surface area contributed by atoms with Gasteiger partial charge < -0.3 is 14.6 Å². The highest BCUT2D eigenvalue weighted by atomic mass is 16.5. The third-order valence-electron chi connectivity index (χ3n) is 3.13. The van der Waals surface area contributed by atoms with Gasteiger partial charge in [0.25, 0.3) is 0 Å². The minimum atomic E-state index is -4.06. The number of hydrogen-bond acceptors (Lipinski definition) is 3. The number of ether oxygens (including phenoxy) is 1. The Morgan fingerprint density at radius 3 is 3.10 bits per heavy atom. The van der Waals surface area contributed by atoms with E-state index in [4.69, 9.17) is 25.3 Å². The van der Waals surface area contributed by atoms with Crippen LogP contribution in [0.25, 0.3) is 10.9 Å². The lowest BCUT2D eigenvalue weighted by Crippen LogP contribution is -2.43. The standard InChI is InChI=1S/C17H20N2O2/c1-19-11-6-7-12(19)9-13(8-11)21-17(20)15-10-18-16-5-3-2-4-14(15)16/h2-5,10-13,18H,6-9H2,1H3/t11-,12+,13?/i1D3,5D,6D2,7D2,8D2,9D2,11D,12D,13D. The van der Waals surface area contributed by atoms with Crippen LogP contribution in [0.3, 0.4) is 0 Å². The zero-order valence-corrected chi connectivity index (χ0v) is 10.6. The molecule has 3 atom stereocenters. The number of piperidine rings is 1. The lowest BCUT2D eigenvalue weighted by atomic mass is 10.0. The molecule has 2 fully saturated rings. The normalized spacial score (nSPS) is 60.1. The monoisotopic (exact) mass is 299 g/mol. The van der Waals surface area contributed by atoms with Gasteiger partial charge in [-0.3, -0.25) is 0 Å². The number of H-pyrrole nitrogens is 1. The van der Waals surface area contributed by atoms with Gasteiger partial charge in [-0.2, -0.15) is 0 Å². The quantitative estimate of drug-likeness (QED) is 0.867. The van der Waals surface area contributed by atoms with Crippen LogP contribution < -0.4 is 0 Å². The third-order valence-corrected chi connectivity index (χ3v) is 3.13. The Morgan fingerprint density at radius 2 is 2.33 bits per heavy atom. The molecule has 2 bridgehead atoms. The van der Waals surface area contributed by atoms with E-state index in [0.29, 0.717) is 0 Å². The SMILES string of the molecule is [2H]c1cccc2c(C(=O)OC3([2H])C([2H])([2H])[C@]4([2H])N(C([2H])([2H])[2H])[C@]([2H])(C3([2H])[2H])C([2H])([2H])C4([2H])[2H])c[nH]c12. The van der Waals surface area contributed by atoms with Gasteiger partial charge in [-0.1, -0.05) is 18.2 Å². The zero-order chi connectivity index (χ0) is 27.7. The number of benzene rings is 1. The molecule has 1 aromatic carbocycles. The number of aromatic amines is 1. The Bertz CT molecular complexity index is 1230. The highest BCUT2D eigenvalue weighted by Gasteiger charge is 2.40. The fourth-order valence-electron chi connectivity index (χ4n) is 2.13. The summed E-state index contributed by atoms with van der Waals surface area (Å²) < 4.78 is 129. The van der Waals surface area contributed by atoms with Gasteiger partial charge in [-0.15, -0.1) is 0 Å². The first-order chi connectivity index (χ1) is 16.0. The van der Waals surface area contributed by atoms with Crippen LogP contribution in [0.4, 0.5) is 0 Å². The molecule has 1 aromatic heterocycles. The Kier molecular flexibility index (Phi) is 1.07. The topological polar surface area (TPSA) is 45.3 Å². The maximum atomic E-state index is 13.1. The fourth-order valence-corrected chi connectivity index (χ4v) is 2.13. The molecule has 4 heteroatoms. The molecule has 1 unspecified atom stereocenters. The van der Waals surface area contributed by atoms with Crippen molar-refractivity contribution in [2.24, 2.45) is 0 Å². The fraction of sp³-hybridized carbons (Fsp3) is 0.471. The van der Waals surface area contributed by atoms with Gasteiger partial charge in [0.05, 0.1) is 8.30 Å². The van der Waals surface area contributed by atoms with Crippen LogP contribution in [0.1, 0.15) is 56.4 Å². The number of para-hydroxylation sites is 1. The van der Waals surface area contributed by atoms with Crippen molar-refractivity contribution in [1.82, 2.24) is 9.88 Å². The Balaban J connectivity index is 1.99. The molecule has 2 aromatic rings. The average molecular weight is 299 g/mol. The highest BCUT2D eigenvalue weighted by molar-refractivity contribution is 6.04. The molecule has 0 saturated carbocycles. The number of rotatable bonds is 2. The summed E-state index contributed by atoms with van der Waals surface area (Å²) in [5, 5.41) is 0.0759. The minimum Gasteiger partial charge on any atom is -0.459 e. The summed E-state index contributed by atoms with van der Waals surface area (Å²) in [4.78, 5) is 15.2. The second-order valence-electron chi connectivity index (χ2n) is 4.41. The van der Waals surface area contributed by atoms with Crippen molar-refractivity contribution >= 4 is 16.9 Å². The molecule has 110 valence electrons. The highest BCUT2D eigenvalue weighted by Crippen LogP contribution is 2.35. The van der Waals surface area contributed by atoms with Gasteiger partial charge in [-0.05, 0) is 25.8 Å². The van der Waals surface area contributed by atoms with E-state index >= 15 is 0 Å². The molecule has 2 aliphatic heterocycles. The summed E-state index contributed by atoms with van der Waals surface area (Å²) in [7, 11) is 0. The molecule has 4 nitrogen and oxygen atoms in total. The van der Waals surface area contributed by atoms with Gasteiger partial charge >= 0.3 is 5.97 Å². The van der Waals surface area contributed by atoms with Gasteiger partial charge in [0.2, 0.25) is 0 Å². The van der Waals surface area contributed by atoms with E-state index in [1.807, 2.05) is 0 Å². The van der Waals surface area contributed by atoms with E-state index in [1.54, 1.807) is 0 Å². The van der Waals surface area contributed by atoms with Crippen LogP contribution in [-0.4, -0.2) is 40.9 Å². The molecular weight excluding hydrogens is 264 g/mol. The maximum Gasteiger partial charge on any atom is 0.340 e. The first-order valence-corrected chi connectivity index (χ1v) is 6.10. The molecule has 21 heavy (non-hydrogen) atoms. The number of aromatic nitrogens is 1. The van der Waals surface area contributed by atoms with Crippen LogP contribution in [0, 0.1) is 0 Å². The van der Waals surface area contributed by atoms with E-state index in [0.717, 1.165) is 6.20 Å². The largest absolute Gasteiger partial charge is 0.459 e.